The van der Waals surface area contributed by atoms with Gasteiger partial charge in [-0.3, -0.25) is 4.98 Å². The number of fused-ring (bicyclic) bond motifs is 1. The van der Waals surface area contributed by atoms with Gasteiger partial charge in [0, 0.05) is 24.0 Å². The van der Waals surface area contributed by atoms with Crippen LogP contribution in [-0.2, 0) is 0 Å². The van der Waals surface area contributed by atoms with Crippen LogP contribution in [0.3, 0.4) is 0 Å². The molecule has 3 heterocycles. The van der Waals surface area contributed by atoms with Crippen LogP contribution in [0.1, 0.15) is 19.9 Å². The van der Waals surface area contributed by atoms with Crippen LogP contribution in [0.25, 0.3) is 22.3 Å². The van der Waals surface area contributed by atoms with Gasteiger partial charge in [0.15, 0.2) is 5.82 Å². The molecule has 0 unspecified atom stereocenters. The summed E-state index contributed by atoms with van der Waals surface area (Å²) >= 11 is 5.77. The van der Waals surface area contributed by atoms with Gasteiger partial charge in [-0.25, -0.2) is 14.4 Å². The van der Waals surface area contributed by atoms with E-state index in [9.17, 15) is 4.39 Å². The van der Waals surface area contributed by atoms with E-state index in [1.54, 1.807) is 6.20 Å². The lowest BCUT2D eigenvalue weighted by molar-refractivity contribution is 0.614. The van der Waals surface area contributed by atoms with Gasteiger partial charge < -0.3 is 4.57 Å². The SMILES string of the molecule is CC(C)n1cc(-c2nc(Cl)ncc2F)c2ncccc21. The summed E-state index contributed by atoms with van der Waals surface area (Å²) in [6.45, 7) is 4.11. The van der Waals surface area contributed by atoms with Gasteiger partial charge >= 0.3 is 0 Å². The Kier molecular flexibility index (Phi) is 3.14. The summed E-state index contributed by atoms with van der Waals surface area (Å²) in [4.78, 5) is 12.0. The molecule has 0 amide bonds. The van der Waals surface area contributed by atoms with Crippen molar-refractivity contribution in [1.82, 2.24) is 19.5 Å². The Labute approximate surface area is 120 Å². The number of rotatable bonds is 2. The number of pyridine rings is 1. The number of halogens is 2. The van der Waals surface area contributed by atoms with E-state index in [-0.39, 0.29) is 17.0 Å². The fraction of sp³-hybridized carbons (Fsp3) is 0.214. The molecule has 4 nitrogen and oxygen atoms in total. The highest BCUT2D eigenvalue weighted by Crippen LogP contribution is 2.31. The molecular weight excluding hydrogens is 279 g/mol. The first-order valence-electron chi connectivity index (χ1n) is 6.22. The predicted molar refractivity (Wildman–Crippen MR) is 76.1 cm³/mol. The van der Waals surface area contributed by atoms with Gasteiger partial charge in [-0.1, -0.05) is 0 Å². The Hall–Kier alpha value is -2.01. The molecule has 0 aliphatic heterocycles. The molecule has 0 aromatic carbocycles. The van der Waals surface area contributed by atoms with Gasteiger partial charge in [-0.2, -0.15) is 0 Å². The molecule has 0 spiro atoms. The maximum absolute atomic E-state index is 14.0. The van der Waals surface area contributed by atoms with Gasteiger partial charge in [0.2, 0.25) is 5.28 Å². The minimum absolute atomic E-state index is 0.0165. The van der Waals surface area contributed by atoms with E-state index in [1.165, 1.54) is 0 Å². The summed E-state index contributed by atoms with van der Waals surface area (Å²) in [5.41, 5.74) is 2.44. The molecule has 3 rings (SSSR count). The van der Waals surface area contributed by atoms with Crippen LogP contribution in [0.15, 0.2) is 30.7 Å². The number of hydrogen-bond acceptors (Lipinski definition) is 3. The second-order valence-electron chi connectivity index (χ2n) is 4.75. The summed E-state index contributed by atoms with van der Waals surface area (Å²) in [5, 5.41) is 0.0165. The molecule has 0 bridgehead atoms. The van der Waals surface area contributed by atoms with Crippen molar-refractivity contribution in [3.63, 3.8) is 0 Å². The molecule has 3 aromatic heterocycles. The van der Waals surface area contributed by atoms with Crippen LogP contribution < -0.4 is 0 Å². The minimum Gasteiger partial charge on any atom is -0.343 e. The Morgan fingerprint density at radius 2 is 2.10 bits per heavy atom. The lowest BCUT2D eigenvalue weighted by Crippen LogP contribution is -1.98. The third kappa shape index (κ3) is 2.04. The lowest BCUT2D eigenvalue weighted by atomic mass is 10.2. The summed E-state index contributed by atoms with van der Waals surface area (Å²) in [5.74, 6) is -0.511. The smallest absolute Gasteiger partial charge is 0.223 e. The normalized spacial score (nSPS) is 11.4. The van der Waals surface area contributed by atoms with E-state index in [0.717, 1.165) is 11.7 Å². The Morgan fingerprint density at radius 3 is 2.85 bits per heavy atom. The summed E-state index contributed by atoms with van der Waals surface area (Å²) < 4.78 is 16.0. The summed E-state index contributed by atoms with van der Waals surface area (Å²) in [7, 11) is 0. The minimum atomic E-state index is -0.511. The topological polar surface area (TPSA) is 43.6 Å². The van der Waals surface area contributed by atoms with Gasteiger partial charge in [0.25, 0.3) is 0 Å². The maximum Gasteiger partial charge on any atom is 0.223 e. The molecular formula is C14H12ClFN4. The number of nitrogens with zero attached hydrogens (tertiary/aromatic N) is 4. The van der Waals surface area contributed by atoms with Crippen LogP contribution in [0.2, 0.25) is 5.28 Å². The largest absolute Gasteiger partial charge is 0.343 e. The van der Waals surface area contributed by atoms with Gasteiger partial charge in [0.05, 0.1) is 17.2 Å². The molecule has 3 aromatic rings. The first-order valence-corrected chi connectivity index (χ1v) is 6.59. The average molecular weight is 291 g/mol. The van der Waals surface area contributed by atoms with E-state index in [1.807, 2.05) is 22.9 Å². The second-order valence-corrected chi connectivity index (χ2v) is 5.09. The fourth-order valence-corrected chi connectivity index (χ4v) is 2.35. The quantitative estimate of drug-likeness (QED) is 0.673. The van der Waals surface area contributed by atoms with Crippen molar-refractivity contribution in [2.75, 3.05) is 0 Å². The highest BCUT2D eigenvalue weighted by molar-refractivity contribution is 6.28. The number of aromatic nitrogens is 4. The molecule has 0 saturated heterocycles. The Morgan fingerprint density at radius 1 is 1.30 bits per heavy atom. The molecule has 0 fully saturated rings. The predicted octanol–water partition coefficient (Wildman–Crippen LogP) is 3.87. The van der Waals surface area contributed by atoms with Crippen molar-refractivity contribution < 1.29 is 4.39 Å². The molecule has 0 radical (unpaired) electrons. The van der Waals surface area contributed by atoms with Crippen LogP contribution in [0.5, 0.6) is 0 Å². The Bertz CT molecular complexity index is 782. The molecule has 20 heavy (non-hydrogen) atoms. The van der Waals surface area contributed by atoms with Crippen molar-refractivity contribution in [3.05, 3.63) is 41.8 Å². The maximum atomic E-state index is 14.0. The van der Waals surface area contributed by atoms with Gasteiger partial charge in [0.1, 0.15) is 5.69 Å². The zero-order valence-corrected chi connectivity index (χ0v) is 11.8. The highest BCUT2D eigenvalue weighted by atomic mass is 35.5. The van der Waals surface area contributed by atoms with Crippen LogP contribution in [0.4, 0.5) is 4.39 Å². The molecule has 0 aliphatic carbocycles. The van der Waals surface area contributed by atoms with Crippen molar-refractivity contribution in [2.45, 2.75) is 19.9 Å². The third-order valence-corrected chi connectivity index (χ3v) is 3.30. The molecule has 0 atom stereocenters. The van der Waals surface area contributed by atoms with Gasteiger partial charge in [-0.15, -0.1) is 0 Å². The van der Waals surface area contributed by atoms with E-state index in [0.29, 0.717) is 11.1 Å². The van der Waals surface area contributed by atoms with Crippen LogP contribution in [0, 0.1) is 5.82 Å². The molecule has 0 aliphatic rings. The van der Waals surface area contributed by atoms with Crippen molar-refractivity contribution in [3.8, 4) is 11.3 Å². The summed E-state index contributed by atoms with van der Waals surface area (Å²) in [6, 6.07) is 4.04. The zero-order chi connectivity index (χ0) is 14.3. The van der Waals surface area contributed by atoms with Crippen LogP contribution in [-0.4, -0.2) is 19.5 Å². The van der Waals surface area contributed by atoms with Crippen molar-refractivity contribution in [1.29, 1.82) is 0 Å². The van der Waals surface area contributed by atoms with Gasteiger partial charge in [-0.05, 0) is 37.6 Å². The first kappa shape index (κ1) is 13.0. The van der Waals surface area contributed by atoms with Crippen molar-refractivity contribution >= 4 is 22.6 Å². The van der Waals surface area contributed by atoms with Crippen molar-refractivity contribution in [2.24, 2.45) is 0 Å². The van der Waals surface area contributed by atoms with E-state index < -0.39 is 5.82 Å². The first-order chi connectivity index (χ1) is 9.58. The second kappa shape index (κ2) is 4.83. The standard InChI is InChI=1S/C14H12ClFN4/c1-8(2)20-7-9(13-11(20)4-3-5-17-13)12-10(16)6-18-14(15)19-12/h3-8H,1-2H3. The van der Waals surface area contributed by atoms with E-state index in [2.05, 4.69) is 28.8 Å². The van der Waals surface area contributed by atoms with E-state index in [4.69, 9.17) is 11.6 Å². The lowest BCUT2D eigenvalue weighted by Gasteiger charge is -2.07. The zero-order valence-electron chi connectivity index (χ0n) is 11.0. The Balaban J connectivity index is 2.34. The average Bonchev–Trinajstić information content (AvgIpc) is 2.81. The van der Waals surface area contributed by atoms with E-state index >= 15 is 0 Å². The molecule has 0 N–H and O–H groups in total. The molecule has 6 heteroatoms. The molecule has 0 saturated carbocycles. The fourth-order valence-electron chi connectivity index (χ4n) is 2.22. The summed E-state index contributed by atoms with van der Waals surface area (Å²) in [6.07, 6.45) is 4.60. The molecule has 102 valence electrons. The third-order valence-electron chi connectivity index (χ3n) is 3.11. The highest BCUT2D eigenvalue weighted by Gasteiger charge is 2.17. The monoisotopic (exact) mass is 290 g/mol. The van der Waals surface area contributed by atoms with Crippen LogP contribution >= 0.6 is 11.6 Å². The number of hydrogen-bond donors (Lipinski definition) is 0.